The molecule has 112 valence electrons. The summed E-state index contributed by atoms with van der Waals surface area (Å²) >= 11 is 0. The Bertz CT molecular complexity index is 309. The first kappa shape index (κ1) is 17.7. The molecule has 0 rings (SSSR count). The van der Waals surface area contributed by atoms with Crippen LogP contribution in [0.25, 0.3) is 0 Å². The van der Waals surface area contributed by atoms with Gasteiger partial charge in [0.15, 0.2) is 0 Å². The van der Waals surface area contributed by atoms with E-state index < -0.39 is 36.2 Å². The van der Waals surface area contributed by atoms with Gasteiger partial charge in [0.1, 0.15) is 5.60 Å². The molecule has 0 fully saturated rings. The standard InChI is InChI=1S/C13H25NO5/c1-8(2)6-9(10(15)7-11(16)17)14-12(18)19-13(3,4)5/h8-10,15H,6-7H2,1-5H3,(H,14,18)(H,16,17)/t9-,10+/m1/s1. The Balaban J connectivity index is 4.58. The summed E-state index contributed by atoms with van der Waals surface area (Å²) in [4.78, 5) is 22.3. The average Bonchev–Trinajstić information content (AvgIpc) is 2.11. The number of alkyl carbamates (subject to hydrolysis) is 1. The van der Waals surface area contributed by atoms with Crippen LogP contribution >= 0.6 is 0 Å². The fourth-order valence-electron chi connectivity index (χ4n) is 1.60. The summed E-state index contributed by atoms with van der Waals surface area (Å²) in [5, 5.41) is 21.0. The van der Waals surface area contributed by atoms with Gasteiger partial charge in [0.05, 0.1) is 18.6 Å². The number of aliphatic carboxylic acids is 1. The fourth-order valence-corrected chi connectivity index (χ4v) is 1.60. The highest BCUT2D eigenvalue weighted by Crippen LogP contribution is 2.13. The monoisotopic (exact) mass is 275 g/mol. The minimum absolute atomic E-state index is 0.211. The zero-order chi connectivity index (χ0) is 15.2. The van der Waals surface area contributed by atoms with Crippen LogP contribution in [0.1, 0.15) is 47.5 Å². The molecule has 0 aliphatic heterocycles. The molecule has 2 atom stereocenters. The molecule has 0 radical (unpaired) electrons. The molecular formula is C13H25NO5. The van der Waals surface area contributed by atoms with Crippen LogP contribution in [0.5, 0.6) is 0 Å². The highest BCUT2D eigenvalue weighted by molar-refractivity contribution is 5.69. The van der Waals surface area contributed by atoms with Gasteiger partial charge in [0, 0.05) is 0 Å². The van der Waals surface area contributed by atoms with Gasteiger partial charge in [-0.05, 0) is 33.1 Å². The van der Waals surface area contributed by atoms with Crippen LogP contribution in [0.15, 0.2) is 0 Å². The number of hydrogen-bond acceptors (Lipinski definition) is 4. The number of carbonyl (C=O) groups excluding carboxylic acids is 1. The Morgan fingerprint density at radius 1 is 1.26 bits per heavy atom. The Hall–Kier alpha value is -1.30. The van der Waals surface area contributed by atoms with E-state index in [1.54, 1.807) is 20.8 Å². The summed E-state index contributed by atoms with van der Waals surface area (Å²) in [5.41, 5.74) is -0.635. The van der Waals surface area contributed by atoms with Crippen LogP contribution in [-0.4, -0.2) is 40.0 Å². The highest BCUT2D eigenvalue weighted by Gasteiger charge is 2.26. The Morgan fingerprint density at radius 2 is 1.79 bits per heavy atom. The van der Waals surface area contributed by atoms with Gasteiger partial charge < -0.3 is 20.3 Å². The molecule has 0 unspecified atom stereocenters. The lowest BCUT2D eigenvalue weighted by Gasteiger charge is -2.27. The molecule has 0 spiro atoms. The van der Waals surface area contributed by atoms with Crippen molar-refractivity contribution in [1.82, 2.24) is 5.32 Å². The maximum absolute atomic E-state index is 11.6. The first-order chi connectivity index (χ1) is 8.51. The molecule has 0 aromatic carbocycles. The van der Waals surface area contributed by atoms with Crippen molar-refractivity contribution in [3.8, 4) is 0 Å². The first-order valence-electron chi connectivity index (χ1n) is 6.40. The molecule has 0 saturated heterocycles. The van der Waals surface area contributed by atoms with E-state index >= 15 is 0 Å². The summed E-state index contributed by atoms with van der Waals surface area (Å²) in [7, 11) is 0. The topological polar surface area (TPSA) is 95.9 Å². The van der Waals surface area contributed by atoms with E-state index in [1.807, 2.05) is 13.8 Å². The lowest BCUT2D eigenvalue weighted by atomic mass is 9.97. The molecule has 6 heteroatoms. The molecule has 6 nitrogen and oxygen atoms in total. The van der Waals surface area contributed by atoms with Gasteiger partial charge in [-0.15, -0.1) is 0 Å². The van der Waals surface area contributed by atoms with E-state index in [0.29, 0.717) is 6.42 Å². The third kappa shape index (κ3) is 9.30. The van der Waals surface area contributed by atoms with Gasteiger partial charge >= 0.3 is 12.1 Å². The minimum atomic E-state index is -1.13. The number of aliphatic hydroxyl groups is 1. The number of amides is 1. The van der Waals surface area contributed by atoms with Gasteiger partial charge in [-0.2, -0.15) is 0 Å². The van der Waals surface area contributed by atoms with Crippen molar-refractivity contribution in [3.63, 3.8) is 0 Å². The summed E-state index contributed by atoms with van der Waals surface area (Å²) in [6.07, 6.45) is -1.71. The van der Waals surface area contributed by atoms with Crippen LogP contribution in [0, 0.1) is 5.92 Å². The van der Waals surface area contributed by atoms with Crippen LogP contribution in [-0.2, 0) is 9.53 Å². The zero-order valence-electron chi connectivity index (χ0n) is 12.3. The second kappa shape index (κ2) is 7.33. The molecule has 0 bridgehead atoms. The molecule has 3 N–H and O–H groups in total. The van der Waals surface area contributed by atoms with Crippen molar-refractivity contribution in [2.45, 2.75) is 65.2 Å². The van der Waals surface area contributed by atoms with E-state index in [0.717, 1.165) is 0 Å². The summed E-state index contributed by atoms with van der Waals surface area (Å²) in [6.45, 7) is 9.06. The summed E-state index contributed by atoms with van der Waals surface area (Å²) in [6, 6.07) is -0.633. The van der Waals surface area contributed by atoms with E-state index in [2.05, 4.69) is 5.32 Å². The smallest absolute Gasteiger partial charge is 0.407 e. The number of ether oxygens (including phenoxy) is 1. The SMILES string of the molecule is CC(C)C[C@@H](NC(=O)OC(C)(C)C)[C@@H](O)CC(=O)O. The summed E-state index contributed by atoms with van der Waals surface area (Å²) < 4.78 is 5.10. The average molecular weight is 275 g/mol. The molecule has 0 aliphatic rings. The lowest BCUT2D eigenvalue weighted by Crippen LogP contribution is -2.46. The maximum atomic E-state index is 11.6. The number of carboxylic acid groups (broad SMARTS) is 1. The molecule has 0 aromatic heterocycles. The number of carbonyl (C=O) groups is 2. The molecule has 0 aromatic rings. The quantitative estimate of drug-likeness (QED) is 0.686. The maximum Gasteiger partial charge on any atom is 0.407 e. The van der Waals surface area contributed by atoms with Crippen LogP contribution in [0.2, 0.25) is 0 Å². The van der Waals surface area contributed by atoms with Crippen LogP contribution in [0.4, 0.5) is 4.79 Å². The summed E-state index contributed by atoms with van der Waals surface area (Å²) in [5.74, 6) is -0.893. The van der Waals surface area contributed by atoms with E-state index in [-0.39, 0.29) is 5.92 Å². The predicted molar refractivity (Wildman–Crippen MR) is 70.9 cm³/mol. The van der Waals surface area contributed by atoms with Crippen molar-refractivity contribution in [2.75, 3.05) is 0 Å². The molecular weight excluding hydrogens is 250 g/mol. The van der Waals surface area contributed by atoms with Crippen molar-refractivity contribution in [2.24, 2.45) is 5.92 Å². The van der Waals surface area contributed by atoms with E-state index in [4.69, 9.17) is 9.84 Å². The van der Waals surface area contributed by atoms with Crippen molar-refractivity contribution in [3.05, 3.63) is 0 Å². The third-order valence-corrected chi connectivity index (χ3v) is 2.28. The molecule has 1 amide bonds. The van der Waals surface area contributed by atoms with Crippen molar-refractivity contribution in [1.29, 1.82) is 0 Å². The molecule has 0 aliphatic carbocycles. The van der Waals surface area contributed by atoms with Crippen LogP contribution < -0.4 is 5.32 Å². The predicted octanol–water partition coefficient (Wildman–Crippen LogP) is 1.76. The third-order valence-electron chi connectivity index (χ3n) is 2.28. The molecule has 0 saturated carbocycles. The number of nitrogens with one attached hydrogen (secondary N) is 1. The second-order valence-corrected chi connectivity index (χ2v) is 6.05. The number of hydrogen-bond donors (Lipinski definition) is 3. The zero-order valence-corrected chi connectivity index (χ0v) is 12.3. The van der Waals surface area contributed by atoms with E-state index in [9.17, 15) is 14.7 Å². The Morgan fingerprint density at radius 3 is 2.16 bits per heavy atom. The fraction of sp³-hybridized carbons (Fsp3) is 0.846. The second-order valence-electron chi connectivity index (χ2n) is 6.05. The van der Waals surface area contributed by atoms with Crippen molar-refractivity contribution >= 4 is 12.1 Å². The Kier molecular flexibility index (Phi) is 6.83. The minimum Gasteiger partial charge on any atom is -0.481 e. The molecule has 19 heavy (non-hydrogen) atoms. The van der Waals surface area contributed by atoms with Gasteiger partial charge in [-0.25, -0.2) is 4.79 Å². The largest absolute Gasteiger partial charge is 0.481 e. The molecule has 0 heterocycles. The van der Waals surface area contributed by atoms with Gasteiger partial charge in [0.2, 0.25) is 0 Å². The van der Waals surface area contributed by atoms with Gasteiger partial charge in [-0.1, -0.05) is 13.8 Å². The normalized spacial score (nSPS) is 14.9. The number of aliphatic hydroxyl groups excluding tert-OH is 1. The van der Waals surface area contributed by atoms with Crippen LogP contribution in [0.3, 0.4) is 0 Å². The van der Waals surface area contributed by atoms with Crippen molar-refractivity contribution < 1.29 is 24.5 Å². The van der Waals surface area contributed by atoms with Gasteiger partial charge in [-0.3, -0.25) is 4.79 Å². The first-order valence-corrected chi connectivity index (χ1v) is 6.40. The van der Waals surface area contributed by atoms with Gasteiger partial charge in [0.25, 0.3) is 0 Å². The Labute approximate surface area is 114 Å². The number of rotatable bonds is 6. The number of carboxylic acids is 1. The lowest BCUT2D eigenvalue weighted by molar-refractivity contribution is -0.139. The highest BCUT2D eigenvalue weighted by atomic mass is 16.6. The van der Waals surface area contributed by atoms with E-state index in [1.165, 1.54) is 0 Å².